The van der Waals surface area contributed by atoms with E-state index in [1.807, 2.05) is 30.0 Å². The Kier molecular flexibility index (Phi) is 6.48. The van der Waals surface area contributed by atoms with Crippen molar-refractivity contribution in [1.29, 1.82) is 0 Å². The summed E-state index contributed by atoms with van der Waals surface area (Å²) < 4.78 is 14.3. The minimum absolute atomic E-state index is 0.00920. The molecule has 2 amide bonds. The smallest absolute Gasteiger partial charge is 0.272 e. The first-order chi connectivity index (χ1) is 15.8. The van der Waals surface area contributed by atoms with Crippen LogP contribution in [0.4, 0.5) is 10.1 Å². The number of hydrogen-bond acceptors (Lipinski definition) is 5. The van der Waals surface area contributed by atoms with E-state index in [1.54, 1.807) is 4.90 Å². The van der Waals surface area contributed by atoms with Gasteiger partial charge in [0, 0.05) is 43.9 Å². The molecule has 1 aromatic heterocycles. The Morgan fingerprint density at radius 1 is 1.03 bits per heavy atom. The molecule has 1 fully saturated rings. The summed E-state index contributed by atoms with van der Waals surface area (Å²) in [6.45, 7) is 3.92. The zero-order valence-electron chi connectivity index (χ0n) is 18.4. The van der Waals surface area contributed by atoms with Gasteiger partial charge in [0.15, 0.2) is 0 Å². The quantitative estimate of drug-likeness (QED) is 0.399. The van der Waals surface area contributed by atoms with E-state index >= 15 is 0 Å². The highest BCUT2D eigenvalue weighted by atomic mass is 19.1. The maximum absolute atomic E-state index is 14.3. The summed E-state index contributed by atoms with van der Waals surface area (Å²) >= 11 is 0. The molecule has 0 saturated carbocycles. The van der Waals surface area contributed by atoms with Crippen LogP contribution in [-0.4, -0.2) is 57.7 Å². The standard InChI is InChI=1S/C24H25FN4O4/c1-16-5-7-20(24(31)27-11-3-2-4-12-27)22(26-16)17-9-13-28(14-10-17)23(30)19-8-6-18(29(32)33)15-21(19)25/h2-3,5-8,15,17H,4,9-14H2,1H3. The van der Waals surface area contributed by atoms with E-state index in [-0.39, 0.29) is 17.4 Å². The molecule has 0 spiro atoms. The number of nitrogens with zero attached hydrogens (tertiary/aromatic N) is 4. The van der Waals surface area contributed by atoms with Gasteiger partial charge in [-0.1, -0.05) is 12.2 Å². The summed E-state index contributed by atoms with van der Waals surface area (Å²) in [5.74, 6) is -1.42. The van der Waals surface area contributed by atoms with Gasteiger partial charge in [-0.3, -0.25) is 24.7 Å². The number of non-ortho nitro benzene ring substituents is 1. The Labute approximate surface area is 190 Å². The third-order valence-electron chi connectivity index (χ3n) is 6.20. The van der Waals surface area contributed by atoms with Crippen molar-refractivity contribution in [1.82, 2.24) is 14.8 Å². The van der Waals surface area contributed by atoms with Crippen LogP contribution in [0.25, 0.3) is 0 Å². The number of rotatable bonds is 4. The minimum Gasteiger partial charge on any atom is -0.339 e. The highest BCUT2D eigenvalue weighted by molar-refractivity contribution is 5.96. The van der Waals surface area contributed by atoms with E-state index in [1.165, 1.54) is 0 Å². The molecule has 2 aromatic rings. The van der Waals surface area contributed by atoms with Crippen LogP contribution in [-0.2, 0) is 0 Å². The maximum atomic E-state index is 14.3. The second-order valence-corrected chi connectivity index (χ2v) is 8.38. The highest BCUT2D eigenvalue weighted by Crippen LogP contribution is 2.31. The van der Waals surface area contributed by atoms with Crippen molar-refractivity contribution in [2.75, 3.05) is 26.2 Å². The summed E-state index contributed by atoms with van der Waals surface area (Å²) in [6, 6.07) is 6.74. The number of halogens is 1. The predicted molar refractivity (Wildman–Crippen MR) is 120 cm³/mol. The summed E-state index contributed by atoms with van der Waals surface area (Å²) in [7, 11) is 0. The fraction of sp³-hybridized carbons (Fsp3) is 0.375. The van der Waals surface area contributed by atoms with Crippen LogP contribution in [0.1, 0.15) is 57.3 Å². The first-order valence-electron chi connectivity index (χ1n) is 11.0. The highest BCUT2D eigenvalue weighted by Gasteiger charge is 2.30. The summed E-state index contributed by atoms with van der Waals surface area (Å²) in [5.41, 5.74) is 1.60. The largest absolute Gasteiger partial charge is 0.339 e. The normalized spacial score (nSPS) is 16.7. The van der Waals surface area contributed by atoms with Crippen LogP contribution in [0.5, 0.6) is 0 Å². The molecule has 8 nitrogen and oxygen atoms in total. The van der Waals surface area contributed by atoms with Crippen LogP contribution in [0.15, 0.2) is 42.5 Å². The van der Waals surface area contributed by atoms with E-state index in [0.717, 1.165) is 36.0 Å². The molecule has 2 aliphatic rings. The minimum atomic E-state index is -0.903. The van der Waals surface area contributed by atoms with Gasteiger partial charge in [-0.15, -0.1) is 0 Å². The molecule has 0 unspecified atom stereocenters. The van der Waals surface area contributed by atoms with Crippen LogP contribution in [0.3, 0.4) is 0 Å². The average Bonchev–Trinajstić information content (AvgIpc) is 2.83. The van der Waals surface area contributed by atoms with Crippen LogP contribution in [0, 0.1) is 22.9 Å². The Morgan fingerprint density at radius 2 is 1.73 bits per heavy atom. The molecule has 1 saturated heterocycles. The van der Waals surface area contributed by atoms with Crippen molar-refractivity contribution in [3.63, 3.8) is 0 Å². The maximum Gasteiger partial charge on any atom is 0.272 e. The Hall–Kier alpha value is -3.62. The summed E-state index contributed by atoms with van der Waals surface area (Å²) in [6.07, 6.45) is 6.08. The van der Waals surface area contributed by atoms with E-state index in [4.69, 9.17) is 0 Å². The van der Waals surface area contributed by atoms with Crippen LogP contribution >= 0.6 is 0 Å². The zero-order chi connectivity index (χ0) is 23.5. The monoisotopic (exact) mass is 452 g/mol. The van der Waals surface area contributed by atoms with Crippen molar-refractivity contribution in [3.05, 3.63) is 80.9 Å². The third-order valence-corrected chi connectivity index (χ3v) is 6.20. The number of hydrogen-bond donors (Lipinski definition) is 0. The molecule has 33 heavy (non-hydrogen) atoms. The van der Waals surface area contributed by atoms with Crippen LogP contribution < -0.4 is 0 Å². The van der Waals surface area contributed by atoms with Crippen molar-refractivity contribution in [3.8, 4) is 0 Å². The van der Waals surface area contributed by atoms with Gasteiger partial charge in [0.2, 0.25) is 0 Å². The lowest BCUT2D eigenvalue weighted by atomic mass is 9.89. The molecule has 4 rings (SSSR count). The van der Waals surface area contributed by atoms with Gasteiger partial charge in [-0.05, 0) is 44.4 Å². The van der Waals surface area contributed by atoms with Crippen LogP contribution in [0.2, 0.25) is 0 Å². The molecule has 0 aliphatic carbocycles. The van der Waals surface area contributed by atoms with Gasteiger partial charge in [-0.25, -0.2) is 4.39 Å². The van der Waals surface area contributed by atoms with E-state index in [2.05, 4.69) is 11.1 Å². The number of aryl methyl sites for hydroxylation is 1. The van der Waals surface area contributed by atoms with E-state index in [9.17, 15) is 24.1 Å². The van der Waals surface area contributed by atoms with Gasteiger partial charge < -0.3 is 9.80 Å². The lowest BCUT2D eigenvalue weighted by Gasteiger charge is -2.33. The number of piperidine rings is 1. The number of amides is 2. The van der Waals surface area contributed by atoms with Gasteiger partial charge >= 0.3 is 0 Å². The lowest BCUT2D eigenvalue weighted by molar-refractivity contribution is -0.385. The fourth-order valence-corrected chi connectivity index (χ4v) is 4.38. The number of carbonyl (C=O) groups is 2. The molecule has 2 aliphatic heterocycles. The molecule has 172 valence electrons. The van der Waals surface area contributed by atoms with Crippen molar-refractivity contribution >= 4 is 17.5 Å². The fourth-order valence-electron chi connectivity index (χ4n) is 4.38. The Bertz CT molecular complexity index is 1130. The van der Waals surface area contributed by atoms with E-state index < -0.39 is 22.3 Å². The topological polar surface area (TPSA) is 96.7 Å². The number of pyridine rings is 1. The Morgan fingerprint density at radius 3 is 2.36 bits per heavy atom. The second-order valence-electron chi connectivity index (χ2n) is 8.38. The zero-order valence-corrected chi connectivity index (χ0v) is 18.4. The van der Waals surface area contributed by atoms with Gasteiger partial charge in [-0.2, -0.15) is 0 Å². The number of nitro groups is 1. The number of aromatic nitrogens is 1. The molecule has 3 heterocycles. The predicted octanol–water partition coefficient (Wildman–Crippen LogP) is 3.86. The van der Waals surface area contributed by atoms with Gasteiger partial charge in [0.1, 0.15) is 5.82 Å². The summed E-state index contributed by atoms with van der Waals surface area (Å²) in [4.78, 5) is 44.1. The SMILES string of the molecule is Cc1ccc(C(=O)N2CC=CCC2)c(C2CCN(C(=O)c3ccc([N+](=O)[O-])cc3F)CC2)n1. The molecular formula is C24H25FN4O4. The second kappa shape index (κ2) is 9.48. The molecule has 0 N–H and O–H groups in total. The van der Waals surface area contributed by atoms with Crippen molar-refractivity contribution < 1.29 is 18.9 Å². The number of likely N-dealkylation sites (tertiary alicyclic amines) is 1. The first kappa shape index (κ1) is 22.6. The number of benzene rings is 1. The molecule has 9 heteroatoms. The average molecular weight is 452 g/mol. The van der Waals surface area contributed by atoms with Gasteiger partial charge in [0.25, 0.3) is 17.5 Å². The molecular weight excluding hydrogens is 427 g/mol. The van der Waals surface area contributed by atoms with E-state index in [0.29, 0.717) is 44.6 Å². The first-order valence-corrected chi connectivity index (χ1v) is 11.0. The molecule has 0 atom stereocenters. The third kappa shape index (κ3) is 4.76. The summed E-state index contributed by atoms with van der Waals surface area (Å²) in [5, 5.41) is 10.8. The number of nitro benzene ring substituents is 1. The van der Waals surface area contributed by atoms with Gasteiger partial charge in [0.05, 0.1) is 27.8 Å². The Balaban J connectivity index is 1.48. The van der Waals surface area contributed by atoms with Crippen molar-refractivity contribution in [2.24, 2.45) is 0 Å². The molecule has 0 bridgehead atoms. The molecule has 0 radical (unpaired) electrons. The lowest BCUT2D eigenvalue weighted by Crippen LogP contribution is -2.39. The molecule has 1 aromatic carbocycles. The number of carbonyl (C=O) groups excluding carboxylic acids is 2. The van der Waals surface area contributed by atoms with Crippen molar-refractivity contribution in [2.45, 2.75) is 32.1 Å².